The van der Waals surface area contributed by atoms with Gasteiger partial charge in [-0.15, -0.1) is 0 Å². The van der Waals surface area contributed by atoms with Crippen LogP contribution in [0.5, 0.6) is 0 Å². The van der Waals surface area contributed by atoms with Gasteiger partial charge in [0.2, 0.25) is 0 Å². The van der Waals surface area contributed by atoms with E-state index in [-0.39, 0.29) is 5.91 Å². The molecule has 2 saturated heterocycles. The number of ether oxygens (including phenoxy) is 2. The van der Waals surface area contributed by atoms with Gasteiger partial charge in [-0.2, -0.15) is 0 Å². The number of amides is 1. The topological polar surface area (TPSA) is 79.8 Å². The first kappa shape index (κ1) is 23.7. The first-order valence-corrected chi connectivity index (χ1v) is 12.5. The number of fused-ring (bicyclic) bond motifs is 1. The third kappa shape index (κ3) is 5.78. The maximum atomic E-state index is 13.2. The monoisotopic (exact) mass is 475 g/mol. The number of aromatic nitrogens is 2. The van der Waals surface area contributed by atoms with Gasteiger partial charge in [-0.05, 0) is 43.3 Å². The SMILES string of the molecule is Cc1nc(C(=O)Nc2ccc(CCCN3CCOCC3)c3ccccc23)cc(N2CCOCC2)n1. The van der Waals surface area contributed by atoms with Gasteiger partial charge >= 0.3 is 0 Å². The highest BCUT2D eigenvalue weighted by molar-refractivity contribution is 6.09. The molecule has 0 bridgehead atoms. The van der Waals surface area contributed by atoms with Gasteiger partial charge in [-0.1, -0.05) is 30.3 Å². The van der Waals surface area contributed by atoms with Crippen LogP contribution in [0.1, 0.15) is 28.3 Å². The molecule has 3 heterocycles. The van der Waals surface area contributed by atoms with Crippen LogP contribution in [0, 0.1) is 6.92 Å². The molecule has 0 aliphatic carbocycles. The van der Waals surface area contributed by atoms with Crippen molar-refractivity contribution in [3.05, 3.63) is 59.5 Å². The van der Waals surface area contributed by atoms with E-state index in [9.17, 15) is 4.79 Å². The van der Waals surface area contributed by atoms with Gasteiger partial charge in [-0.25, -0.2) is 9.97 Å². The molecule has 1 aromatic heterocycles. The first-order chi connectivity index (χ1) is 17.2. The summed E-state index contributed by atoms with van der Waals surface area (Å²) in [6, 6.07) is 14.2. The van der Waals surface area contributed by atoms with Crippen LogP contribution < -0.4 is 10.2 Å². The molecule has 2 aliphatic heterocycles. The zero-order valence-electron chi connectivity index (χ0n) is 20.3. The molecule has 2 aromatic carbocycles. The molecule has 0 spiro atoms. The molecule has 0 radical (unpaired) electrons. The summed E-state index contributed by atoms with van der Waals surface area (Å²) >= 11 is 0. The summed E-state index contributed by atoms with van der Waals surface area (Å²) < 4.78 is 10.9. The average Bonchev–Trinajstić information content (AvgIpc) is 2.90. The first-order valence-electron chi connectivity index (χ1n) is 12.5. The highest BCUT2D eigenvalue weighted by Gasteiger charge is 2.18. The minimum Gasteiger partial charge on any atom is -0.379 e. The molecule has 0 atom stereocenters. The van der Waals surface area contributed by atoms with Gasteiger partial charge in [0.05, 0.1) is 26.4 Å². The van der Waals surface area contributed by atoms with Crippen molar-refractivity contribution < 1.29 is 14.3 Å². The van der Waals surface area contributed by atoms with Gasteiger partial charge in [-0.3, -0.25) is 9.69 Å². The quantitative estimate of drug-likeness (QED) is 0.562. The minimum absolute atomic E-state index is 0.227. The molecule has 35 heavy (non-hydrogen) atoms. The van der Waals surface area contributed by atoms with Crippen LogP contribution in [0.4, 0.5) is 11.5 Å². The van der Waals surface area contributed by atoms with E-state index in [1.807, 2.05) is 19.1 Å². The third-order valence-electron chi connectivity index (χ3n) is 6.68. The van der Waals surface area contributed by atoms with E-state index in [2.05, 4.69) is 49.4 Å². The fourth-order valence-corrected chi connectivity index (χ4v) is 4.82. The lowest BCUT2D eigenvalue weighted by Crippen LogP contribution is -2.37. The number of benzene rings is 2. The van der Waals surface area contributed by atoms with E-state index in [1.54, 1.807) is 6.07 Å². The Morgan fingerprint density at radius 3 is 2.43 bits per heavy atom. The maximum absolute atomic E-state index is 13.2. The van der Waals surface area contributed by atoms with Gasteiger partial charge in [0.25, 0.3) is 5.91 Å². The molecule has 2 fully saturated rings. The van der Waals surface area contributed by atoms with Crippen LogP contribution in [-0.4, -0.2) is 79.9 Å². The number of carbonyl (C=O) groups excluding carboxylic acids is 1. The van der Waals surface area contributed by atoms with E-state index >= 15 is 0 Å². The largest absolute Gasteiger partial charge is 0.379 e. The highest BCUT2D eigenvalue weighted by Crippen LogP contribution is 2.28. The lowest BCUT2D eigenvalue weighted by atomic mass is 9.99. The fraction of sp³-hybridized carbons (Fsp3) is 0.444. The summed E-state index contributed by atoms with van der Waals surface area (Å²) in [5, 5.41) is 5.33. The van der Waals surface area contributed by atoms with Crippen molar-refractivity contribution in [2.75, 3.05) is 69.4 Å². The van der Waals surface area contributed by atoms with E-state index in [0.717, 1.165) is 75.7 Å². The summed E-state index contributed by atoms with van der Waals surface area (Å²) in [7, 11) is 0. The van der Waals surface area contributed by atoms with E-state index < -0.39 is 0 Å². The number of nitrogens with one attached hydrogen (secondary N) is 1. The summed E-state index contributed by atoms with van der Waals surface area (Å²) in [6.07, 6.45) is 2.10. The standard InChI is InChI=1S/C27H33N5O3/c1-20-28-25(19-26(29-20)32-13-17-35-18-14-32)27(33)30-24-9-8-21(22-6-2-3-7-23(22)24)5-4-10-31-11-15-34-16-12-31/h2-3,6-9,19H,4-5,10-18H2,1H3,(H,30,33). The predicted octanol–water partition coefficient (Wildman–Crippen LogP) is 3.29. The van der Waals surface area contributed by atoms with Crippen LogP contribution >= 0.6 is 0 Å². The van der Waals surface area contributed by atoms with Gasteiger partial charge in [0.15, 0.2) is 0 Å². The molecule has 1 amide bonds. The Hall–Kier alpha value is -3.07. The van der Waals surface area contributed by atoms with Crippen molar-refractivity contribution >= 4 is 28.2 Å². The predicted molar refractivity (Wildman–Crippen MR) is 137 cm³/mol. The van der Waals surface area contributed by atoms with Crippen LogP contribution in [0.2, 0.25) is 0 Å². The summed E-state index contributed by atoms with van der Waals surface area (Å²) in [6.45, 7) is 9.43. The second-order valence-electron chi connectivity index (χ2n) is 9.09. The van der Waals surface area contributed by atoms with Crippen LogP contribution in [-0.2, 0) is 15.9 Å². The number of morpholine rings is 2. The molecule has 1 N–H and O–H groups in total. The van der Waals surface area contributed by atoms with Gasteiger partial charge in [0.1, 0.15) is 17.3 Å². The molecule has 0 saturated carbocycles. The molecular formula is C27H33N5O3. The van der Waals surface area contributed by atoms with Crippen molar-refractivity contribution in [1.82, 2.24) is 14.9 Å². The number of carbonyl (C=O) groups is 1. The Bertz CT molecular complexity index is 1170. The van der Waals surface area contributed by atoms with Crippen molar-refractivity contribution in [1.29, 1.82) is 0 Å². The van der Waals surface area contributed by atoms with Crippen LogP contribution in [0.3, 0.4) is 0 Å². The Labute approximate surface area is 206 Å². The molecule has 0 unspecified atom stereocenters. The van der Waals surface area contributed by atoms with Crippen molar-refractivity contribution in [3.8, 4) is 0 Å². The highest BCUT2D eigenvalue weighted by atomic mass is 16.5. The minimum atomic E-state index is -0.227. The third-order valence-corrected chi connectivity index (χ3v) is 6.68. The average molecular weight is 476 g/mol. The lowest BCUT2D eigenvalue weighted by Gasteiger charge is -2.28. The molecular weight excluding hydrogens is 442 g/mol. The number of nitrogens with zero attached hydrogens (tertiary/aromatic N) is 4. The number of rotatable bonds is 7. The number of hydrogen-bond acceptors (Lipinski definition) is 7. The summed E-state index contributed by atoms with van der Waals surface area (Å²) in [5.74, 6) is 1.13. The zero-order chi connectivity index (χ0) is 24.0. The van der Waals surface area contributed by atoms with Crippen LogP contribution in [0.25, 0.3) is 10.8 Å². The molecule has 3 aromatic rings. The number of anilines is 2. The smallest absolute Gasteiger partial charge is 0.274 e. The second kappa shape index (κ2) is 11.1. The number of hydrogen-bond donors (Lipinski definition) is 1. The van der Waals surface area contributed by atoms with Crippen molar-refractivity contribution in [2.45, 2.75) is 19.8 Å². The Kier molecular flexibility index (Phi) is 7.51. The molecule has 5 rings (SSSR count). The molecule has 184 valence electrons. The Morgan fingerprint density at radius 2 is 1.66 bits per heavy atom. The Balaban J connectivity index is 1.31. The van der Waals surface area contributed by atoms with Crippen molar-refractivity contribution in [3.63, 3.8) is 0 Å². The van der Waals surface area contributed by atoms with E-state index in [4.69, 9.17) is 9.47 Å². The van der Waals surface area contributed by atoms with Crippen molar-refractivity contribution in [2.24, 2.45) is 0 Å². The van der Waals surface area contributed by atoms with Gasteiger partial charge < -0.3 is 19.7 Å². The summed E-state index contributed by atoms with van der Waals surface area (Å²) in [4.78, 5) is 26.8. The number of aryl methyl sites for hydroxylation is 2. The Morgan fingerprint density at radius 1 is 0.943 bits per heavy atom. The normalized spacial score (nSPS) is 17.0. The second-order valence-corrected chi connectivity index (χ2v) is 9.09. The van der Waals surface area contributed by atoms with Gasteiger partial charge in [0, 0.05) is 43.3 Å². The molecule has 2 aliphatic rings. The zero-order valence-corrected chi connectivity index (χ0v) is 20.3. The maximum Gasteiger partial charge on any atom is 0.274 e. The molecule has 8 heteroatoms. The lowest BCUT2D eigenvalue weighted by molar-refractivity contribution is 0.0375. The summed E-state index contributed by atoms with van der Waals surface area (Å²) in [5.41, 5.74) is 2.48. The molecule has 8 nitrogen and oxygen atoms in total. The van der Waals surface area contributed by atoms with E-state index in [1.165, 1.54) is 10.9 Å². The van der Waals surface area contributed by atoms with E-state index in [0.29, 0.717) is 24.7 Å². The van der Waals surface area contributed by atoms with Crippen LogP contribution in [0.15, 0.2) is 42.5 Å². The fourth-order valence-electron chi connectivity index (χ4n) is 4.82.